The van der Waals surface area contributed by atoms with Gasteiger partial charge in [-0.1, -0.05) is 26.0 Å². The Morgan fingerprint density at radius 2 is 1.61 bits per heavy atom. The third-order valence-corrected chi connectivity index (χ3v) is 4.65. The fraction of sp³-hybridized carbons (Fsp3) is 0.292. The van der Waals surface area contributed by atoms with Crippen molar-refractivity contribution in [3.05, 3.63) is 65.7 Å². The van der Waals surface area contributed by atoms with Crippen molar-refractivity contribution in [2.24, 2.45) is 0 Å². The molecule has 0 heterocycles. The zero-order chi connectivity index (χ0) is 22.6. The molecule has 0 atom stereocenters. The minimum Gasteiger partial charge on any atom is -0.497 e. The van der Waals surface area contributed by atoms with Crippen molar-refractivity contribution in [1.29, 1.82) is 0 Å². The highest BCUT2D eigenvalue weighted by molar-refractivity contribution is 7.80. The van der Waals surface area contributed by atoms with E-state index >= 15 is 0 Å². The lowest BCUT2D eigenvalue weighted by Gasteiger charge is -2.21. The van der Waals surface area contributed by atoms with Gasteiger partial charge in [0, 0.05) is 30.4 Å². The summed E-state index contributed by atoms with van der Waals surface area (Å²) in [5, 5.41) is 5.74. The predicted molar refractivity (Wildman–Crippen MR) is 129 cm³/mol. The predicted octanol–water partition coefficient (Wildman–Crippen LogP) is 4.48. The van der Waals surface area contributed by atoms with Crippen LogP contribution in [0, 0.1) is 0 Å². The molecule has 0 aliphatic heterocycles. The Bertz CT molecular complexity index is 903. The maximum atomic E-state index is 12.6. The van der Waals surface area contributed by atoms with Crippen LogP contribution in [0.1, 0.15) is 42.6 Å². The second-order valence-electron chi connectivity index (χ2n) is 6.92. The molecule has 0 aliphatic carbocycles. The molecule has 2 N–H and O–H groups in total. The number of benzene rings is 2. The molecular weight excluding hydrogens is 410 g/mol. The molecule has 2 rings (SSSR count). The monoisotopic (exact) mass is 439 g/mol. The largest absolute Gasteiger partial charge is 0.497 e. The summed E-state index contributed by atoms with van der Waals surface area (Å²) in [4.78, 5) is 26.6. The maximum absolute atomic E-state index is 12.6. The first kappa shape index (κ1) is 24.1. The number of thiocarbonyl (C=S) groups is 1. The average molecular weight is 440 g/mol. The SMILES string of the molecule is CCCN(CCC)C(=O)c1ccc(NC(=S)NC(=O)/C=C/c2ccc(OC)cc2)cc1. The number of carbonyl (C=O) groups excluding carboxylic acids is 2. The van der Waals surface area contributed by atoms with Crippen LogP contribution in [0.15, 0.2) is 54.6 Å². The molecule has 2 amide bonds. The summed E-state index contributed by atoms with van der Waals surface area (Å²) in [5.41, 5.74) is 2.19. The first-order chi connectivity index (χ1) is 15.0. The van der Waals surface area contributed by atoms with Crippen molar-refractivity contribution >= 4 is 40.9 Å². The molecule has 0 spiro atoms. The van der Waals surface area contributed by atoms with Crippen LogP contribution < -0.4 is 15.4 Å². The highest BCUT2D eigenvalue weighted by Gasteiger charge is 2.14. The summed E-state index contributed by atoms with van der Waals surface area (Å²) >= 11 is 5.20. The van der Waals surface area contributed by atoms with Crippen LogP contribution in [0.5, 0.6) is 5.75 Å². The molecule has 7 heteroatoms. The minimum atomic E-state index is -0.338. The Morgan fingerprint density at radius 3 is 2.16 bits per heavy atom. The molecule has 164 valence electrons. The van der Waals surface area contributed by atoms with Crippen LogP contribution >= 0.6 is 12.2 Å². The van der Waals surface area contributed by atoms with Crippen LogP contribution in [-0.2, 0) is 4.79 Å². The molecule has 0 unspecified atom stereocenters. The van der Waals surface area contributed by atoms with Crippen molar-refractivity contribution in [2.75, 3.05) is 25.5 Å². The Kier molecular flexibility index (Phi) is 9.71. The van der Waals surface area contributed by atoms with Gasteiger partial charge in [-0.3, -0.25) is 14.9 Å². The molecule has 2 aromatic carbocycles. The van der Waals surface area contributed by atoms with Gasteiger partial charge in [0.05, 0.1) is 7.11 Å². The lowest BCUT2D eigenvalue weighted by Crippen LogP contribution is -2.33. The first-order valence-electron chi connectivity index (χ1n) is 10.3. The molecule has 31 heavy (non-hydrogen) atoms. The third-order valence-electron chi connectivity index (χ3n) is 4.44. The number of methoxy groups -OCH3 is 1. The number of hydrogen-bond acceptors (Lipinski definition) is 4. The smallest absolute Gasteiger partial charge is 0.253 e. The van der Waals surface area contributed by atoms with Gasteiger partial charge in [-0.15, -0.1) is 0 Å². The van der Waals surface area contributed by atoms with Crippen LogP contribution in [0.4, 0.5) is 5.69 Å². The number of hydrogen-bond donors (Lipinski definition) is 2. The zero-order valence-corrected chi connectivity index (χ0v) is 19.0. The summed E-state index contributed by atoms with van der Waals surface area (Å²) < 4.78 is 5.11. The number of nitrogens with one attached hydrogen (secondary N) is 2. The highest BCUT2D eigenvalue weighted by Crippen LogP contribution is 2.13. The standard InChI is InChI=1S/C24H29N3O3S/c1-4-16-27(17-5-2)23(29)19-9-11-20(12-10-19)25-24(31)26-22(28)15-8-18-6-13-21(30-3)14-7-18/h6-15H,4-5,16-17H2,1-3H3,(H2,25,26,28,31)/b15-8+. The normalized spacial score (nSPS) is 10.5. The molecule has 0 aromatic heterocycles. The summed E-state index contributed by atoms with van der Waals surface area (Å²) in [6, 6.07) is 14.4. The summed E-state index contributed by atoms with van der Waals surface area (Å²) in [5.74, 6) is 0.438. The van der Waals surface area contributed by atoms with Gasteiger partial charge in [0.2, 0.25) is 5.91 Å². The van der Waals surface area contributed by atoms with Crippen LogP contribution in [0.3, 0.4) is 0 Å². The summed E-state index contributed by atoms with van der Waals surface area (Å²) in [6.45, 7) is 5.61. The van der Waals surface area contributed by atoms with E-state index in [0.717, 1.165) is 37.2 Å². The molecule has 0 aliphatic rings. The van der Waals surface area contributed by atoms with E-state index in [1.165, 1.54) is 6.08 Å². The average Bonchev–Trinajstić information content (AvgIpc) is 2.78. The molecule has 0 bridgehead atoms. The Labute approximate surface area is 189 Å². The number of carbonyl (C=O) groups is 2. The number of amides is 2. The summed E-state index contributed by atoms with van der Waals surface area (Å²) in [6.07, 6.45) is 4.95. The second kappa shape index (κ2) is 12.5. The van der Waals surface area contributed by atoms with Crippen molar-refractivity contribution in [1.82, 2.24) is 10.2 Å². The molecule has 6 nitrogen and oxygen atoms in total. The molecule has 0 radical (unpaired) electrons. The number of rotatable bonds is 9. The Balaban J connectivity index is 1.89. The van der Waals surface area contributed by atoms with E-state index < -0.39 is 0 Å². The van der Waals surface area contributed by atoms with Crippen molar-refractivity contribution in [3.63, 3.8) is 0 Å². The van der Waals surface area contributed by atoms with Crippen LogP contribution in [-0.4, -0.2) is 42.0 Å². The van der Waals surface area contributed by atoms with Gasteiger partial charge in [-0.05, 0) is 73.1 Å². The maximum Gasteiger partial charge on any atom is 0.253 e. The van der Waals surface area contributed by atoms with Crippen molar-refractivity contribution in [2.45, 2.75) is 26.7 Å². The molecule has 0 saturated carbocycles. The van der Waals surface area contributed by atoms with Gasteiger partial charge in [-0.25, -0.2) is 0 Å². The highest BCUT2D eigenvalue weighted by atomic mass is 32.1. The van der Waals surface area contributed by atoms with Gasteiger partial charge in [0.25, 0.3) is 5.91 Å². The van der Waals surface area contributed by atoms with E-state index in [9.17, 15) is 9.59 Å². The third kappa shape index (κ3) is 7.86. The minimum absolute atomic E-state index is 0.0230. The van der Waals surface area contributed by atoms with E-state index in [1.54, 1.807) is 37.5 Å². The van der Waals surface area contributed by atoms with Gasteiger partial charge in [0.1, 0.15) is 5.75 Å². The number of anilines is 1. The number of ether oxygens (including phenoxy) is 1. The van der Waals surface area contributed by atoms with E-state index in [4.69, 9.17) is 17.0 Å². The summed E-state index contributed by atoms with van der Waals surface area (Å²) in [7, 11) is 1.60. The Hall–Kier alpha value is -3.19. The zero-order valence-electron chi connectivity index (χ0n) is 18.2. The van der Waals surface area contributed by atoms with Crippen molar-refractivity contribution in [3.8, 4) is 5.75 Å². The van der Waals surface area contributed by atoms with Gasteiger partial charge < -0.3 is 15.0 Å². The fourth-order valence-electron chi connectivity index (χ4n) is 2.94. The van der Waals surface area contributed by atoms with E-state index in [-0.39, 0.29) is 16.9 Å². The topological polar surface area (TPSA) is 70.7 Å². The quantitative estimate of drug-likeness (QED) is 0.445. The molecular formula is C24H29N3O3S. The second-order valence-corrected chi connectivity index (χ2v) is 7.33. The molecule has 0 saturated heterocycles. The lowest BCUT2D eigenvalue weighted by molar-refractivity contribution is -0.115. The fourth-order valence-corrected chi connectivity index (χ4v) is 3.15. The molecule has 0 fully saturated rings. The van der Waals surface area contributed by atoms with Gasteiger partial charge >= 0.3 is 0 Å². The van der Waals surface area contributed by atoms with Crippen LogP contribution in [0.2, 0.25) is 0 Å². The van der Waals surface area contributed by atoms with Crippen molar-refractivity contribution < 1.29 is 14.3 Å². The van der Waals surface area contributed by atoms with E-state index in [1.807, 2.05) is 29.2 Å². The van der Waals surface area contributed by atoms with E-state index in [0.29, 0.717) is 11.3 Å². The first-order valence-corrected chi connectivity index (χ1v) is 10.7. The van der Waals surface area contributed by atoms with E-state index in [2.05, 4.69) is 24.5 Å². The Morgan fingerprint density at radius 1 is 1.00 bits per heavy atom. The van der Waals surface area contributed by atoms with Gasteiger partial charge in [0.15, 0.2) is 5.11 Å². The van der Waals surface area contributed by atoms with Gasteiger partial charge in [-0.2, -0.15) is 0 Å². The lowest BCUT2D eigenvalue weighted by atomic mass is 10.1. The molecule has 2 aromatic rings. The van der Waals surface area contributed by atoms with Crippen LogP contribution in [0.25, 0.3) is 6.08 Å². The number of nitrogens with zero attached hydrogens (tertiary/aromatic N) is 1.